The Morgan fingerprint density at radius 1 is 1.05 bits per heavy atom. The van der Waals surface area contributed by atoms with Crippen molar-refractivity contribution in [1.29, 1.82) is 0 Å². The normalized spacial score (nSPS) is 12.7. The van der Waals surface area contributed by atoms with E-state index < -0.39 is 0 Å². The summed E-state index contributed by atoms with van der Waals surface area (Å²) in [5.74, 6) is 0. The van der Waals surface area contributed by atoms with Crippen LogP contribution in [0.1, 0.15) is 38.4 Å². The van der Waals surface area contributed by atoms with Crippen molar-refractivity contribution in [2.24, 2.45) is 5.73 Å². The largest absolute Gasteiger partial charge is 0.324 e. The molecule has 2 N–H and O–H groups in total. The standard InChI is InChI=1S/C16H19ClN2O/c1-10(2)19-15(12-4-6-13(17)7-5-12)9-8-14(11(3)18)16(19)20/h4-11H,18H2,1-3H3. The van der Waals surface area contributed by atoms with Crippen LogP contribution in [0.5, 0.6) is 0 Å². The van der Waals surface area contributed by atoms with Crippen molar-refractivity contribution in [3.8, 4) is 11.3 Å². The highest BCUT2D eigenvalue weighted by molar-refractivity contribution is 6.30. The van der Waals surface area contributed by atoms with Gasteiger partial charge >= 0.3 is 0 Å². The number of nitrogens with zero attached hydrogens (tertiary/aromatic N) is 1. The van der Waals surface area contributed by atoms with Crippen LogP contribution in [0.25, 0.3) is 11.3 Å². The molecule has 0 fully saturated rings. The number of halogens is 1. The maximum Gasteiger partial charge on any atom is 0.256 e. The molecule has 0 radical (unpaired) electrons. The van der Waals surface area contributed by atoms with Crippen molar-refractivity contribution >= 4 is 11.6 Å². The number of rotatable bonds is 3. The zero-order valence-electron chi connectivity index (χ0n) is 11.9. The van der Waals surface area contributed by atoms with Crippen LogP contribution in [0.4, 0.5) is 0 Å². The fourth-order valence-corrected chi connectivity index (χ4v) is 2.41. The van der Waals surface area contributed by atoms with Crippen LogP contribution in [-0.2, 0) is 0 Å². The predicted molar refractivity (Wildman–Crippen MR) is 84.1 cm³/mol. The number of nitrogens with two attached hydrogens (primary N) is 1. The average Bonchev–Trinajstić information content (AvgIpc) is 2.38. The van der Waals surface area contributed by atoms with E-state index in [0.29, 0.717) is 10.6 Å². The minimum atomic E-state index is -0.272. The van der Waals surface area contributed by atoms with E-state index in [0.717, 1.165) is 11.3 Å². The molecule has 1 unspecified atom stereocenters. The molecule has 1 aromatic heterocycles. The first kappa shape index (κ1) is 14.8. The number of pyridine rings is 1. The molecule has 2 rings (SSSR count). The second-order valence-electron chi connectivity index (χ2n) is 5.24. The van der Waals surface area contributed by atoms with E-state index in [4.69, 9.17) is 17.3 Å². The smallest absolute Gasteiger partial charge is 0.256 e. The summed E-state index contributed by atoms with van der Waals surface area (Å²) in [6.45, 7) is 5.81. The Morgan fingerprint density at radius 3 is 2.15 bits per heavy atom. The molecule has 1 heterocycles. The Kier molecular flexibility index (Phi) is 4.31. The van der Waals surface area contributed by atoms with E-state index in [1.807, 2.05) is 57.2 Å². The summed E-state index contributed by atoms with van der Waals surface area (Å²) in [7, 11) is 0. The minimum absolute atomic E-state index is 0.0255. The quantitative estimate of drug-likeness (QED) is 0.935. The number of benzene rings is 1. The maximum absolute atomic E-state index is 12.6. The SMILES string of the molecule is CC(N)c1ccc(-c2ccc(Cl)cc2)n(C(C)C)c1=O. The van der Waals surface area contributed by atoms with E-state index in [1.165, 1.54) is 0 Å². The van der Waals surface area contributed by atoms with E-state index in [2.05, 4.69) is 0 Å². The second-order valence-corrected chi connectivity index (χ2v) is 5.67. The van der Waals surface area contributed by atoms with Gasteiger partial charge < -0.3 is 10.3 Å². The van der Waals surface area contributed by atoms with Gasteiger partial charge in [0.2, 0.25) is 0 Å². The molecular formula is C16H19ClN2O. The molecule has 0 saturated carbocycles. The zero-order chi connectivity index (χ0) is 14.9. The van der Waals surface area contributed by atoms with Gasteiger partial charge in [0.15, 0.2) is 0 Å². The van der Waals surface area contributed by atoms with Gasteiger partial charge in [0.05, 0.1) is 5.69 Å². The summed E-state index contributed by atoms with van der Waals surface area (Å²) >= 11 is 5.91. The highest BCUT2D eigenvalue weighted by atomic mass is 35.5. The average molecular weight is 291 g/mol. The molecule has 2 aromatic rings. The molecule has 3 nitrogen and oxygen atoms in total. The number of aromatic nitrogens is 1. The van der Waals surface area contributed by atoms with E-state index in [9.17, 15) is 4.79 Å². The van der Waals surface area contributed by atoms with Gasteiger partial charge in [-0.3, -0.25) is 4.79 Å². The number of hydrogen-bond donors (Lipinski definition) is 1. The first-order valence-electron chi connectivity index (χ1n) is 6.68. The summed E-state index contributed by atoms with van der Waals surface area (Å²) in [6.07, 6.45) is 0. The molecule has 20 heavy (non-hydrogen) atoms. The Labute approximate surface area is 124 Å². The van der Waals surface area contributed by atoms with Crippen molar-refractivity contribution in [2.75, 3.05) is 0 Å². The van der Waals surface area contributed by atoms with Gasteiger partial charge in [-0.2, -0.15) is 0 Å². The Bertz CT molecular complexity index is 657. The van der Waals surface area contributed by atoms with Crippen LogP contribution in [0, 0.1) is 0 Å². The first-order chi connectivity index (χ1) is 9.41. The third-order valence-corrected chi connectivity index (χ3v) is 3.54. The zero-order valence-corrected chi connectivity index (χ0v) is 12.7. The van der Waals surface area contributed by atoms with Gasteiger partial charge in [0.1, 0.15) is 0 Å². The summed E-state index contributed by atoms with van der Waals surface area (Å²) in [4.78, 5) is 12.6. The van der Waals surface area contributed by atoms with Crippen molar-refractivity contribution in [2.45, 2.75) is 32.9 Å². The third kappa shape index (κ3) is 2.79. The van der Waals surface area contributed by atoms with Crippen molar-refractivity contribution < 1.29 is 0 Å². The Balaban J connectivity index is 2.68. The lowest BCUT2D eigenvalue weighted by Crippen LogP contribution is -2.29. The molecule has 0 aliphatic heterocycles. The van der Waals surface area contributed by atoms with E-state index in [1.54, 1.807) is 4.57 Å². The van der Waals surface area contributed by atoms with Gasteiger partial charge in [0, 0.05) is 22.7 Å². The van der Waals surface area contributed by atoms with Gasteiger partial charge in [-0.05, 0) is 50.6 Å². The van der Waals surface area contributed by atoms with E-state index in [-0.39, 0.29) is 17.6 Å². The van der Waals surface area contributed by atoms with Crippen LogP contribution in [0.3, 0.4) is 0 Å². The van der Waals surface area contributed by atoms with Crippen LogP contribution in [0.2, 0.25) is 5.02 Å². The fraction of sp³-hybridized carbons (Fsp3) is 0.312. The molecule has 0 aliphatic rings. The molecule has 0 spiro atoms. The molecule has 4 heteroatoms. The first-order valence-corrected chi connectivity index (χ1v) is 7.06. The molecule has 1 aromatic carbocycles. The van der Waals surface area contributed by atoms with Crippen LogP contribution in [-0.4, -0.2) is 4.57 Å². The van der Waals surface area contributed by atoms with Gasteiger partial charge in [-0.1, -0.05) is 23.7 Å². The maximum atomic E-state index is 12.6. The van der Waals surface area contributed by atoms with Crippen LogP contribution >= 0.6 is 11.6 Å². The lowest BCUT2D eigenvalue weighted by atomic mass is 10.1. The van der Waals surface area contributed by atoms with Gasteiger partial charge in [0.25, 0.3) is 5.56 Å². The summed E-state index contributed by atoms with van der Waals surface area (Å²) < 4.78 is 1.78. The van der Waals surface area contributed by atoms with Gasteiger partial charge in [-0.25, -0.2) is 0 Å². The van der Waals surface area contributed by atoms with Gasteiger partial charge in [-0.15, -0.1) is 0 Å². The lowest BCUT2D eigenvalue weighted by Gasteiger charge is -2.19. The summed E-state index contributed by atoms with van der Waals surface area (Å²) in [5.41, 5.74) is 8.32. The molecule has 0 bridgehead atoms. The molecule has 0 amide bonds. The number of hydrogen-bond acceptors (Lipinski definition) is 2. The second kappa shape index (κ2) is 5.81. The molecular weight excluding hydrogens is 272 g/mol. The molecule has 0 aliphatic carbocycles. The van der Waals surface area contributed by atoms with Crippen LogP contribution < -0.4 is 11.3 Å². The van der Waals surface area contributed by atoms with Crippen molar-refractivity contribution in [3.05, 3.63) is 57.3 Å². The minimum Gasteiger partial charge on any atom is -0.324 e. The lowest BCUT2D eigenvalue weighted by molar-refractivity contribution is 0.574. The Hall–Kier alpha value is -1.58. The van der Waals surface area contributed by atoms with E-state index >= 15 is 0 Å². The molecule has 106 valence electrons. The summed E-state index contributed by atoms with van der Waals surface area (Å²) in [5, 5.41) is 0.680. The Morgan fingerprint density at radius 2 is 1.65 bits per heavy atom. The molecule has 1 atom stereocenters. The van der Waals surface area contributed by atoms with Crippen LogP contribution in [0.15, 0.2) is 41.2 Å². The predicted octanol–water partition coefficient (Wildman–Crippen LogP) is 3.77. The highest BCUT2D eigenvalue weighted by Gasteiger charge is 2.14. The highest BCUT2D eigenvalue weighted by Crippen LogP contribution is 2.24. The summed E-state index contributed by atoms with van der Waals surface area (Å²) in [6, 6.07) is 11.0. The third-order valence-electron chi connectivity index (χ3n) is 3.29. The van der Waals surface area contributed by atoms with Crippen molar-refractivity contribution in [3.63, 3.8) is 0 Å². The topological polar surface area (TPSA) is 48.0 Å². The molecule has 0 saturated heterocycles. The van der Waals surface area contributed by atoms with Crippen molar-refractivity contribution in [1.82, 2.24) is 4.57 Å². The monoisotopic (exact) mass is 290 g/mol. The fourth-order valence-electron chi connectivity index (χ4n) is 2.28.